The van der Waals surface area contributed by atoms with E-state index in [4.69, 9.17) is 29.2 Å². The van der Waals surface area contributed by atoms with E-state index >= 15 is 0 Å². The summed E-state index contributed by atoms with van der Waals surface area (Å²) in [6.45, 7) is 3.24. The maximum absolute atomic E-state index is 5.39. The summed E-state index contributed by atoms with van der Waals surface area (Å²) in [5, 5.41) is 7.04. The van der Waals surface area contributed by atoms with Gasteiger partial charge in [0.2, 0.25) is 0 Å². The Kier molecular flexibility index (Phi) is 7.25. The Morgan fingerprint density at radius 1 is 0.917 bits per heavy atom. The Hall–Kier alpha value is -2.38. The zero-order chi connectivity index (χ0) is 17.2. The molecule has 0 radical (unpaired) electrons. The molecule has 0 aromatic heterocycles. The van der Waals surface area contributed by atoms with E-state index < -0.39 is 0 Å². The van der Waals surface area contributed by atoms with Gasteiger partial charge in [0, 0.05) is 12.2 Å². The summed E-state index contributed by atoms with van der Waals surface area (Å²) in [5.74, 6) is 0.825. The van der Waals surface area contributed by atoms with E-state index in [-0.39, 0.29) is 0 Å². The summed E-state index contributed by atoms with van der Waals surface area (Å²) in [5.41, 5.74) is 7.70. The van der Waals surface area contributed by atoms with Crippen molar-refractivity contribution in [1.29, 1.82) is 0 Å². The molecule has 0 fully saturated rings. The predicted molar refractivity (Wildman–Crippen MR) is 106 cm³/mol. The van der Waals surface area contributed by atoms with E-state index in [0.29, 0.717) is 23.4 Å². The van der Waals surface area contributed by atoms with Gasteiger partial charge in [0.15, 0.2) is 10.2 Å². The van der Waals surface area contributed by atoms with Crippen molar-refractivity contribution in [3.05, 3.63) is 60.2 Å². The van der Waals surface area contributed by atoms with Crippen LogP contribution in [-0.4, -0.2) is 16.8 Å². The van der Waals surface area contributed by atoms with E-state index in [1.165, 1.54) is 0 Å². The zero-order valence-corrected chi connectivity index (χ0v) is 15.0. The molecule has 0 saturated heterocycles. The number of hydrazine groups is 1. The molecule has 0 aliphatic rings. The molecule has 0 amide bonds. The van der Waals surface area contributed by atoms with E-state index in [1.807, 2.05) is 61.5 Å². The highest BCUT2D eigenvalue weighted by Crippen LogP contribution is 2.15. The van der Waals surface area contributed by atoms with Crippen LogP contribution in [0.2, 0.25) is 0 Å². The van der Waals surface area contributed by atoms with Gasteiger partial charge in [-0.15, -0.1) is 0 Å². The monoisotopic (exact) mass is 360 g/mol. The molecule has 7 heteroatoms. The molecule has 0 spiro atoms. The van der Waals surface area contributed by atoms with Gasteiger partial charge < -0.3 is 15.4 Å². The van der Waals surface area contributed by atoms with Crippen LogP contribution in [0, 0.1) is 0 Å². The molecule has 0 bridgehead atoms. The van der Waals surface area contributed by atoms with Gasteiger partial charge in [0.1, 0.15) is 5.75 Å². The first-order valence-electron chi connectivity index (χ1n) is 7.55. The first-order chi connectivity index (χ1) is 11.7. The predicted octanol–water partition coefficient (Wildman–Crippen LogP) is 2.95. The largest absolute Gasteiger partial charge is 0.494 e. The van der Waals surface area contributed by atoms with Gasteiger partial charge in [-0.1, -0.05) is 30.3 Å². The number of ether oxygens (including phenoxy) is 1. The van der Waals surface area contributed by atoms with E-state index in [9.17, 15) is 0 Å². The molecule has 0 atom stereocenters. The highest BCUT2D eigenvalue weighted by Gasteiger charge is 2.00. The highest BCUT2D eigenvalue weighted by atomic mass is 32.1. The van der Waals surface area contributed by atoms with Crippen molar-refractivity contribution in [2.75, 3.05) is 11.9 Å². The number of thiocarbonyl (C=S) groups is 2. The second kappa shape index (κ2) is 9.69. The topological polar surface area (TPSA) is 57.4 Å². The first kappa shape index (κ1) is 18.0. The summed E-state index contributed by atoms with van der Waals surface area (Å²) in [6.07, 6.45) is 0. The second-order valence-electron chi connectivity index (χ2n) is 4.83. The maximum atomic E-state index is 5.39. The second-order valence-corrected chi connectivity index (χ2v) is 5.65. The van der Waals surface area contributed by atoms with Gasteiger partial charge in [0.05, 0.1) is 6.61 Å². The van der Waals surface area contributed by atoms with Crippen LogP contribution in [0.4, 0.5) is 5.69 Å². The number of hydrogen-bond donors (Lipinski definition) is 4. The van der Waals surface area contributed by atoms with Crippen LogP contribution in [0.25, 0.3) is 0 Å². The molecular weight excluding hydrogens is 340 g/mol. The Labute approximate surface area is 152 Å². The lowest BCUT2D eigenvalue weighted by atomic mass is 10.2. The molecule has 126 valence electrons. The Morgan fingerprint density at radius 3 is 2.25 bits per heavy atom. The summed E-state index contributed by atoms with van der Waals surface area (Å²) in [4.78, 5) is 0. The molecule has 2 aromatic rings. The number of anilines is 1. The summed E-state index contributed by atoms with van der Waals surface area (Å²) < 4.78 is 5.39. The van der Waals surface area contributed by atoms with Crippen LogP contribution in [-0.2, 0) is 6.54 Å². The molecule has 24 heavy (non-hydrogen) atoms. The molecule has 4 N–H and O–H groups in total. The smallest absolute Gasteiger partial charge is 0.189 e. The molecular formula is C17H20N4OS2. The highest BCUT2D eigenvalue weighted by molar-refractivity contribution is 7.80. The van der Waals surface area contributed by atoms with E-state index in [1.54, 1.807) is 0 Å². The molecule has 2 aromatic carbocycles. The van der Waals surface area contributed by atoms with Gasteiger partial charge in [-0.25, -0.2) is 0 Å². The third kappa shape index (κ3) is 6.39. The molecule has 2 rings (SSSR count). The van der Waals surface area contributed by atoms with Gasteiger partial charge >= 0.3 is 0 Å². The van der Waals surface area contributed by atoms with Gasteiger partial charge in [-0.2, -0.15) is 0 Å². The maximum Gasteiger partial charge on any atom is 0.189 e. The number of nitrogens with one attached hydrogen (secondary N) is 4. The van der Waals surface area contributed by atoms with Gasteiger partial charge in [-0.05, 0) is 61.2 Å². The van der Waals surface area contributed by atoms with Crippen LogP contribution in [0.3, 0.4) is 0 Å². The van der Waals surface area contributed by atoms with Gasteiger partial charge in [0.25, 0.3) is 0 Å². The van der Waals surface area contributed by atoms with Gasteiger partial charge in [-0.3, -0.25) is 10.9 Å². The fourth-order valence-electron chi connectivity index (χ4n) is 1.90. The zero-order valence-electron chi connectivity index (χ0n) is 13.3. The molecule has 5 nitrogen and oxygen atoms in total. The molecule has 0 heterocycles. The lowest BCUT2D eigenvalue weighted by molar-refractivity contribution is 0.340. The fraction of sp³-hybridized carbons (Fsp3) is 0.176. The van der Waals surface area contributed by atoms with Crippen LogP contribution >= 0.6 is 24.4 Å². The van der Waals surface area contributed by atoms with E-state index in [0.717, 1.165) is 17.0 Å². The van der Waals surface area contributed by atoms with Crippen molar-refractivity contribution in [2.45, 2.75) is 13.5 Å². The Morgan fingerprint density at radius 2 is 1.58 bits per heavy atom. The summed E-state index contributed by atoms with van der Waals surface area (Å²) in [7, 11) is 0. The Balaban J connectivity index is 1.69. The van der Waals surface area contributed by atoms with Crippen molar-refractivity contribution in [3.8, 4) is 5.75 Å². The van der Waals surface area contributed by atoms with E-state index in [2.05, 4.69) is 21.5 Å². The fourth-order valence-corrected chi connectivity index (χ4v) is 2.19. The van der Waals surface area contributed by atoms with Crippen LogP contribution < -0.4 is 26.2 Å². The molecule has 0 unspecified atom stereocenters. The SMILES string of the molecule is CCOc1ccc(NC(=S)NNC(=S)NCc2ccccc2)cc1. The quantitative estimate of drug-likeness (QED) is 0.483. The minimum Gasteiger partial charge on any atom is -0.494 e. The van der Waals surface area contributed by atoms with Crippen LogP contribution in [0.1, 0.15) is 12.5 Å². The number of hydrogen-bond acceptors (Lipinski definition) is 3. The Bertz CT molecular complexity index is 662. The minimum absolute atomic E-state index is 0.419. The number of benzene rings is 2. The minimum atomic E-state index is 0.419. The van der Waals surface area contributed by atoms with Crippen molar-refractivity contribution < 1.29 is 4.74 Å². The number of rotatable bonds is 5. The average molecular weight is 361 g/mol. The molecule has 0 aliphatic carbocycles. The van der Waals surface area contributed by atoms with Crippen LogP contribution in [0.5, 0.6) is 5.75 Å². The van der Waals surface area contributed by atoms with Crippen LogP contribution in [0.15, 0.2) is 54.6 Å². The molecule has 0 saturated carbocycles. The first-order valence-corrected chi connectivity index (χ1v) is 8.36. The normalized spacial score (nSPS) is 9.71. The van der Waals surface area contributed by atoms with Crippen molar-refractivity contribution in [1.82, 2.24) is 16.2 Å². The summed E-state index contributed by atoms with van der Waals surface area (Å²) in [6, 6.07) is 17.6. The third-order valence-corrected chi connectivity index (χ3v) is 3.46. The third-order valence-electron chi connectivity index (χ3n) is 3.01. The van der Waals surface area contributed by atoms with Crippen molar-refractivity contribution in [3.63, 3.8) is 0 Å². The van der Waals surface area contributed by atoms with Crippen molar-refractivity contribution >= 4 is 40.3 Å². The lowest BCUT2D eigenvalue weighted by Gasteiger charge is -2.14. The molecule has 0 aliphatic heterocycles. The van der Waals surface area contributed by atoms with Crippen molar-refractivity contribution in [2.24, 2.45) is 0 Å². The average Bonchev–Trinajstić information content (AvgIpc) is 2.61. The summed E-state index contributed by atoms with van der Waals surface area (Å²) >= 11 is 10.4. The lowest BCUT2D eigenvalue weighted by Crippen LogP contribution is -2.47. The standard InChI is InChI=1S/C17H20N4OS2/c1-2-22-15-10-8-14(9-11-15)19-17(24)21-20-16(23)18-12-13-6-4-3-5-7-13/h3-11H,2,12H2,1H3,(H2,18,20,23)(H2,19,21,24).